The highest BCUT2D eigenvalue weighted by atomic mass is 32.1. The molecule has 3 fully saturated rings. The summed E-state index contributed by atoms with van der Waals surface area (Å²) in [5.41, 5.74) is -6.31. The number of alkyl halides is 2. The molecular formula is C34H40F2N5O7PS. The second kappa shape index (κ2) is 13.3. The third-order valence-corrected chi connectivity index (χ3v) is 12.5. The first kappa shape index (κ1) is 36.5. The number of carbonyl (C=O) groups excluding carboxylic acids is 2. The van der Waals surface area contributed by atoms with Crippen molar-refractivity contribution in [2.24, 2.45) is 5.92 Å². The van der Waals surface area contributed by atoms with Gasteiger partial charge in [0.25, 0.3) is 5.91 Å². The average Bonchev–Trinajstić information content (AvgIpc) is 3.78. The zero-order chi connectivity index (χ0) is 36.2. The summed E-state index contributed by atoms with van der Waals surface area (Å²) >= 11 is 0.961. The average molecular weight is 732 g/mol. The molecule has 7 atom stereocenters. The van der Waals surface area contributed by atoms with E-state index in [4.69, 9.17) is 9.79 Å². The van der Waals surface area contributed by atoms with Gasteiger partial charge in [-0.1, -0.05) is 36.4 Å². The van der Waals surface area contributed by atoms with Gasteiger partial charge >= 0.3 is 13.3 Å². The van der Waals surface area contributed by atoms with Gasteiger partial charge in [-0.15, -0.1) is 11.3 Å². The fourth-order valence-electron chi connectivity index (χ4n) is 7.56. The van der Waals surface area contributed by atoms with E-state index in [0.29, 0.717) is 43.5 Å². The second-order valence-electron chi connectivity index (χ2n) is 14.2. The summed E-state index contributed by atoms with van der Waals surface area (Å²) in [7, 11) is -5.80. The third-order valence-electron chi connectivity index (χ3n) is 10.4. The van der Waals surface area contributed by atoms with Gasteiger partial charge in [0.2, 0.25) is 5.91 Å². The molecule has 268 valence electrons. The number of halogens is 2. The number of amides is 2. The molecule has 0 saturated carbocycles. The minimum absolute atomic E-state index is 0.0782. The van der Waals surface area contributed by atoms with E-state index >= 15 is 0 Å². The molecule has 12 nitrogen and oxygen atoms in total. The van der Waals surface area contributed by atoms with Gasteiger partial charge in [0, 0.05) is 41.2 Å². The van der Waals surface area contributed by atoms with E-state index in [0.717, 1.165) is 29.0 Å². The first-order chi connectivity index (χ1) is 23.4. The monoisotopic (exact) mass is 731 g/mol. The summed E-state index contributed by atoms with van der Waals surface area (Å²) in [6, 6.07) is 15.2. The minimum atomic E-state index is -5.80. The lowest BCUT2D eigenvalue weighted by Gasteiger charge is -2.46. The third kappa shape index (κ3) is 6.96. The molecule has 2 aromatic carbocycles. The van der Waals surface area contributed by atoms with Crippen molar-refractivity contribution in [1.29, 1.82) is 5.26 Å². The van der Waals surface area contributed by atoms with Crippen molar-refractivity contribution in [2.45, 2.75) is 87.2 Å². The Kier molecular flexibility index (Phi) is 9.73. The molecule has 50 heavy (non-hydrogen) atoms. The molecule has 0 bridgehead atoms. The molecule has 3 saturated heterocycles. The molecule has 0 spiro atoms. The van der Waals surface area contributed by atoms with Gasteiger partial charge in [-0.3, -0.25) is 24.4 Å². The maximum Gasteiger partial charge on any atom is 0.399 e. The molecule has 4 heterocycles. The maximum absolute atomic E-state index is 14.4. The summed E-state index contributed by atoms with van der Waals surface area (Å²) in [4.78, 5) is 49.8. The van der Waals surface area contributed by atoms with Crippen LogP contribution in [-0.4, -0.2) is 84.4 Å². The van der Waals surface area contributed by atoms with Gasteiger partial charge in [0.15, 0.2) is 6.35 Å². The van der Waals surface area contributed by atoms with E-state index in [1.807, 2.05) is 37.3 Å². The number of hydrogen-bond donors (Lipinski definition) is 6. The van der Waals surface area contributed by atoms with Gasteiger partial charge in [0.1, 0.15) is 6.04 Å². The van der Waals surface area contributed by atoms with Crippen molar-refractivity contribution in [2.75, 3.05) is 13.1 Å². The van der Waals surface area contributed by atoms with Crippen LogP contribution in [0.4, 0.5) is 8.78 Å². The quantitative estimate of drug-likeness (QED) is 0.146. The van der Waals surface area contributed by atoms with Crippen LogP contribution in [0.3, 0.4) is 0 Å². The standard InChI is InChI=1S/C34H40F2N5O7PS/c1-32-11-10-28(39-31(44)40-18-22(17-37)24(19-40)20-6-4-3-5-7-20)41(32)30(43)25(16-33(2,45)13-12-32)38-29(42)27-15-21-14-23(8-9-26(21)50-27)34(35,36)49(46,47)48/h3-9,14-15,22,24-25,28,31,39,44-45H,10-13,16,18-19H2,1-2H3,(H,38,42)(H2,46,47,48)/t22-,24+,25+,28+,31?,32-,33-/m1/s1. The van der Waals surface area contributed by atoms with Crippen LogP contribution >= 0.6 is 18.9 Å². The van der Waals surface area contributed by atoms with Crippen LogP contribution in [-0.2, 0) is 15.0 Å². The molecule has 1 aromatic heterocycles. The van der Waals surface area contributed by atoms with Crippen LogP contribution in [0, 0.1) is 17.2 Å². The zero-order valence-corrected chi connectivity index (χ0v) is 29.2. The van der Waals surface area contributed by atoms with Crippen LogP contribution in [0.15, 0.2) is 54.6 Å². The number of likely N-dealkylation sites (tertiary alicyclic amines) is 1. The van der Waals surface area contributed by atoms with Gasteiger partial charge in [-0.05, 0) is 68.7 Å². The Morgan fingerprint density at radius 3 is 2.52 bits per heavy atom. The second-order valence-corrected chi connectivity index (χ2v) is 16.9. The fourth-order valence-corrected chi connectivity index (χ4v) is 8.99. The van der Waals surface area contributed by atoms with Gasteiger partial charge in [-0.2, -0.15) is 14.0 Å². The summed E-state index contributed by atoms with van der Waals surface area (Å²) in [5, 5.41) is 38.6. The maximum atomic E-state index is 14.4. The Morgan fingerprint density at radius 1 is 1.12 bits per heavy atom. The molecule has 1 unspecified atom stereocenters. The zero-order valence-electron chi connectivity index (χ0n) is 27.5. The Balaban J connectivity index is 1.21. The predicted molar refractivity (Wildman–Crippen MR) is 181 cm³/mol. The van der Waals surface area contributed by atoms with Crippen molar-refractivity contribution in [3.8, 4) is 6.07 Å². The van der Waals surface area contributed by atoms with Crippen LogP contribution < -0.4 is 10.6 Å². The van der Waals surface area contributed by atoms with Crippen LogP contribution in [0.25, 0.3) is 10.1 Å². The topological polar surface area (TPSA) is 186 Å². The number of carbonyl (C=O) groups is 2. The van der Waals surface area contributed by atoms with Crippen molar-refractivity contribution in [3.63, 3.8) is 0 Å². The highest BCUT2D eigenvalue weighted by Crippen LogP contribution is 2.59. The van der Waals surface area contributed by atoms with Crippen LogP contribution in [0.5, 0.6) is 0 Å². The summed E-state index contributed by atoms with van der Waals surface area (Å²) in [6.07, 6.45) is 0.0147. The highest BCUT2D eigenvalue weighted by Gasteiger charge is 2.52. The van der Waals surface area contributed by atoms with E-state index < -0.39 is 60.3 Å². The van der Waals surface area contributed by atoms with Crippen LogP contribution in [0.1, 0.15) is 72.7 Å². The fraction of sp³-hybridized carbons (Fsp3) is 0.500. The summed E-state index contributed by atoms with van der Waals surface area (Å²) in [6.45, 7) is 4.29. The molecule has 3 aliphatic rings. The molecular weight excluding hydrogens is 691 g/mol. The molecule has 6 N–H and O–H groups in total. The van der Waals surface area contributed by atoms with Crippen molar-refractivity contribution in [1.82, 2.24) is 20.4 Å². The number of thiophene rings is 1. The smallest absolute Gasteiger partial charge is 0.390 e. The first-order valence-corrected chi connectivity index (χ1v) is 18.8. The van der Waals surface area contributed by atoms with Crippen molar-refractivity contribution < 1.29 is 42.9 Å². The summed E-state index contributed by atoms with van der Waals surface area (Å²) < 4.78 is 40.5. The van der Waals surface area contributed by atoms with Gasteiger partial charge in [0.05, 0.1) is 28.6 Å². The number of aliphatic hydroxyl groups excluding tert-OH is 1. The molecule has 3 aliphatic heterocycles. The number of nitriles is 1. The highest BCUT2D eigenvalue weighted by molar-refractivity contribution is 7.52. The van der Waals surface area contributed by atoms with Crippen molar-refractivity contribution in [3.05, 3.63) is 70.6 Å². The number of nitrogens with one attached hydrogen (secondary N) is 2. The van der Waals surface area contributed by atoms with E-state index in [1.165, 1.54) is 12.1 Å². The van der Waals surface area contributed by atoms with E-state index in [-0.39, 0.29) is 28.5 Å². The number of hydrogen-bond acceptors (Lipinski definition) is 9. The molecule has 3 aromatic rings. The SMILES string of the molecule is C[C@@]1(O)CC[C@@]2(C)CC[C@@H](NC(O)N3C[C@@H](C#N)[C@H](c4ccccc4)C3)N2C(=O)[C@@H](NC(=O)c2cc3cc(C(F)(F)P(=O)(O)O)ccc3s2)C1. The minimum Gasteiger partial charge on any atom is -0.390 e. The van der Waals surface area contributed by atoms with E-state index in [9.17, 15) is 38.4 Å². The number of aliphatic hydroxyl groups is 2. The number of nitrogens with zero attached hydrogens (tertiary/aromatic N) is 3. The Bertz CT molecular complexity index is 1870. The molecule has 0 radical (unpaired) electrons. The Hall–Kier alpha value is -3.32. The predicted octanol–water partition coefficient (Wildman–Crippen LogP) is 3.97. The Labute approximate surface area is 291 Å². The van der Waals surface area contributed by atoms with E-state index in [2.05, 4.69) is 16.7 Å². The largest absolute Gasteiger partial charge is 0.399 e. The molecule has 0 aliphatic carbocycles. The summed E-state index contributed by atoms with van der Waals surface area (Å²) in [5.74, 6) is -1.57. The van der Waals surface area contributed by atoms with Crippen molar-refractivity contribution >= 4 is 40.8 Å². The molecule has 2 amide bonds. The van der Waals surface area contributed by atoms with Crippen LogP contribution in [0.2, 0.25) is 0 Å². The lowest BCUT2D eigenvalue weighted by Crippen LogP contribution is -2.64. The number of rotatable bonds is 8. The lowest BCUT2D eigenvalue weighted by molar-refractivity contribution is -0.147. The lowest BCUT2D eigenvalue weighted by atomic mass is 9.81. The molecule has 16 heteroatoms. The normalized spacial score (nSPS) is 30.1. The first-order valence-electron chi connectivity index (χ1n) is 16.4. The van der Waals surface area contributed by atoms with Gasteiger partial charge < -0.3 is 30.2 Å². The van der Waals surface area contributed by atoms with E-state index in [1.54, 1.807) is 16.7 Å². The Morgan fingerprint density at radius 2 is 1.84 bits per heavy atom. The number of benzene rings is 2. The molecule has 6 rings (SSSR count). The van der Waals surface area contributed by atoms with Gasteiger partial charge in [-0.25, -0.2) is 0 Å². The number of fused-ring (bicyclic) bond motifs is 2.